The topological polar surface area (TPSA) is 253 Å². The van der Waals surface area contributed by atoms with Gasteiger partial charge in [-0.2, -0.15) is 0 Å². The van der Waals surface area contributed by atoms with Gasteiger partial charge >= 0.3 is 0 Å². The molecular weight excluding hydrogens is 800 g/mol. The highest BCUT2D eigenvalue weighted by Crippen LogP contribution is 2.70. The molecule has 0 bridgehead atoms. The molecule has 25 unspecified atom stereocenters. The second kappa shape index (κ2) is 16.6. The standard InChI is InChI=1S/C44H68O17/c1-18-6-11-44(54-17-18)19(2)30-26(61-44)14-24-29-23(8-10-43(24,30)5)42(4)9-7-22(12-21(42)13-25(29)47)56-41-38(60-39-35(52)33(50)31(48)20(3)55-39)36(53)37(28(16-46)58-41)59-40-34(51)32(49)27(15-45)57-40/h13,18-20,22-24,26-41,45-46,48-53H,6-12,14-17H2,1-5H3. The molecule has 0 aromatic heterocycles. The molecule has 9 aliphatic rings. The van der Waals surface area contributed by atoms with E-state index in [1.54, 1.807) is 0 Å². The SMILES string of the molecule is CC1CCC2(OC1)OC1CC3C4C(=O)C=C5CC(OC6OC(CO)C(OC7OC(CO)C(O)C7O)C(O)C6OC6OC(C)C(O)C(O)C6O)CCC5(C)C4CCC3(C)C1C2C. The molecule has 8 N–H and O–H groups in total. The Morgan fingerprint density at radius 1 is 0.721 bits per heavy atom. The van der Waals surface area contributed by atoms with Crippen LogP contribution in [0.1, 0.15) is 86.0 Å². The first-order valence-electron chi connectivity index (χ1n) is 22.7. The van der Waals surface area contributed by atoms with Crippen molar-refractivity contribution in [3.8, 4) is 0 Å². The summed E-state index contributed by atoms with van der Waals surface area (Å²) in [5, 5.41) is 84.8. The summed E-state index contributed by atoms with van der Waals surface area (Å²) in [6, 6.07) is 0. The fourth-order valence-corrected chi connectivity index (χ4v) is 13.6. The first kappa shape index (κ1) is 44.9. The number of carbonyl (C=O) groups is 1. The molecule has 0 aromatic carbocycles. The van der Waals surface area contributed by atoms with Gasteiger partial charge in [0.05, 0.1) is 38.1 Å². The van der Waals surface area contributed by atoms with Crippen LogP contribution in [0.2, 0.25) is 0 Å². The number of hydrogen-bond donors (Lipinski definition) is 8. The molecule has 61 heavy (non-hydrogen) atoms. The first-order chi connectivity index (χ1) is 28.9. The van der Waals surface area contributed by atoms with E-state index >= 15 is 0 Å². The van der Waals surface area contributed by atoms with Crippen molar-refractivity contribution in [2.24, 2.45) is 46.3 Å². The number of hydrogen-bond acceptors (Lipinski definition) is 17. The maximum atomic E-state index is 14.5. The maximum Gasteiger partial charge on any atom is 0.187 e. The van der Waals surface area contributed by atoms with Crippen molar-refractivity contribution in [1.82, 2.24) is 0 Å². The molecule has 4 aliphatic carbocycles. The van der Waals surface area contributed by atoms with E-state index in [9.17, 15) is 45.6 Å². The molecule has 0 amide bonds. The van der Waals surface area contributed by atoms with E-state index in [1.807, 2.05) is 6.08 Å². The number of fused-ring (bicyclic) bond motifs is 7. The van der Waals surface area contributed by atoms with Gasteiger partial charge in [0, 0.05) is 18.3 Å². The van der Waals surface area contributed by atoms with Gasteiger partial charge in [-0.3, -0.25) is 4.79 Å². The number of ether oxygens (including phenoxy) is 8. The molecule has 9 rings (SSSR count). The average Bonchev–Trinajstić information content (AvgIpc) is 3.80. The van der Waals surface area contributed by atoms with E-state index < -0.39 is 111 Å². The Hall–Kier alpha value is -1.23. The second-order valence-electron chi connectivity index (χ2n) is 20.6. The van der Waals surface area contributed by atoms with Gasteiger partial charge in [0.15, 0.2) is 30.4 Å². The van der Waals surface area contributed by atoms with Gasteiger partial charge in [-0.05, 0) is 92.4 Å². The van der Waals surface area contributed by atoms with E-state index in [4.69, 9.17) is 37.9 Å². The maximum absolute atomic E-state index is 14.5. The largest absolute Gasteiger partial charge is 0.394 e. The van der Waals surface area contributed by atoms with Crippen LogP contribution in [-0.2, 0) is 42.7 Å². The highest BCUT2D eigenvalue weighted by atomic mass is 16.8. The number of aliphatic hydroxyl groups excluding tert-OH is 8. The van der Waals surface area contributed by atoms with Crippen LogP contribution in [0.4, 0.5) is 0 Å². The zero-order chi connectivity index (χ0) is 43.5. The highest BCUT2D eigenvalue weighted by molar-refractivity contribution is 5.94. The van der Waals surface area contributed by atoms with Crippen molar-refractivity contribution in [3.63, 3.8) is 0 Å². The Bertz CT molecular complexity index is 1640. The van der Waals surface area contributed by atoms with Crippen LogP contribution in [-0.4, -0.2) is 170 Å². The van der Waals surface area contributed by atoms with E-state index in [0.717, 1.165) is 44.1 Å². The molecule has 5 saturated heterocycles. The van der Waals surface area contributed by atoms with Gasteiger partial charge in [-0.1, -0.05) is 33.3 Å². The van der Waals surface area contributed by atoms with Crippen molar-refractivity contribution in [1.29, 1.82) is 0 Å². The molecule has 0 aromatic rings. The van der Waals surface area contributed by atoms with E-state index in [2.05, 4.69) is 27.7 Å². The summed E-state index contributed by atoms with van der Waals surface area (Å²) in [5.41, 5.74) is 0.706. The number of rotatable bonds is 8. The van der Waals surface area contributed by atoms with Crippen molar-refractivity contribution in [2.45, 2.75) is 190 Å². The summed E-state index contributed by atoms with van der Waals surface area (Å²) in [7, 11) is 0. The highest BCUT2D eigenvalue weighted by Gasteiger charge is 2.70. The normalized spacial score (nSPS) is 57.0. The first-order valence-corrected chi connectivity index (χ1v) is 22.7. The summed E-state index contributed by atoms with van der Waals surface area (Å²) in [6.07, 6.45) is -12.6. The monoisotopic (exact) mass is 868 g/mol. The van der Waals surface area contributed by atoms with Crippen LogP contribution < -0.4 is 0 Å². The summed E-state index contributed by atoms with van der Waals surface area (Å²) in [4.78, 5) is 14.5. The Morgan fingerprint density at radius 2 is 1.41 bits per heavy atom. The lowest BCUT2D eigenvalue weighted by Crippen LogP contribution is -2.65. The zero-order valence-electron chi connectivity index (χ0n) is 35.8. The van der Waals surface area contributed by atoms with Crippen LogP contribution in [0, 0.1) is 46.3 Å². The van der Waals surface area contributed by atoms with Gasteiger partial charge < -0.3 is 78.7 Å². The van der Waals surface area contributed by atoms with Gasteiger partial charge in [-0.25, -0.2) is 0 Å². The van der Waals surface area contributed by atoms with Crippen LogP contribution >= 0.6 is 0 Å². The minimum Gasteiger partial charge on any atom is -0.394 e. The summed E-state index contributed by atoms with van der Waals surface area (Å²) in [6.45, 7) is 10.1. The van der Waals surface area contributed by atoms with Gasteiger partial charge in [0.25, 0.3) is 0 Å². The fraction of sp³-hybridized carbons (Fsp3) is 0.932. The number of carbonyl (C=O) groups excluding carboxylic acids is 1. The average molecular weight is 869 g/mol. The van der Waals surface area contributed by atoms with E-state index in [0.29, 0.717) is 31.3 Å². The van der Waals surface area contributed by atoms with Crippen LogP contribution in [0.5, 0.6) is 0 Å². The molecule has 17 nitrogen and oxygen atoms in total. The Balaban J connectivity index is 0.930. The van der Waals surface area contributed by atoms with Crippen LogP contribution in [0.15, 0.2) is 11.6 Å². The van der Waals surface area contributed by atoms with E-state index in [-0.39, 0.29) is 46.4 Å². The third-order valence-electron chi connectivity index (χ3n) is 17.2. The fourth-order valence-electron chi connectivity index (χ4n) is 13.6. The van der Waals surface area contributed by atoms with Crippen LogP contribution in [0.3, 0.4) is 0 Å². The van der Waals surface area contributed by atoms with Gasteiger partial charge in [0.1, 0.15) is 61.0 Å². The lowest BCUT2D eigenvalue weighted by molar-refractivity contribution is -0.380. The number of aliphatic hydroxyl groups is 8. The third-order valence-corrected chi connectivity index (χ3v) is 17.2. The lowest BCUT2D eigenvalue weighted by atomic mass is 9.46. The van der Waals surface area contributed by atoms with Crippen molar-refractivity contribution in [2.75, 3.05) is 19.8 Å². The molecule has 5 aliphatic heterocycles. The van der Waals surface area contributed by atoms with Crippen LogP contribution in [0.25, 0.3) is 0 Å². The smallest absolute Gasteiger partial charge is 0.187 e. The molecule has 346 valence electrons. The number of ketones is 1. The molecular formula is C44H68O17. The molecule has 17 heteroatoms. The molecule has 25 atom stereocenters. The van der Waals surface area contributed by atoms with Crippen molar-refractivity contribution < 1.29 is 83.5 Å². The van der Waals surface area contributed by atoms with Gasteiger partial charge in [0.2, 0.25) is 0 Å². The molecule has 5 heterocycles. The summed E-state index contributed by atoms with van der Waals surface area (Å²) >= 11 is 0. The Morgan fingerprint density at radius 3 is 2.10 bits per heavy atom. The Labute approximate surface area is 356 Å². The predicted molar refractivity (Wildman–Crippen MR) is 209 cm³/mol. The molecule has 8 fully saturated rings. The van der Waals surface area contributed by atoms with Gasteiger partial charge in [-0.15, -0.1) is 0 Å². The Kier molecular flexibility index (Phi) is 12.2. The third kappa shape index (κ3) is 7.24. The minimum absolute atomic E-state index is 0.0400. The van der Waals surface area contributed by atoms with Crippen molar-refractivity contribution in [3.05, 3.63) is 11.6 Å². The number of allylic oxidation sites excluding steroid dienone is 1. The second-order valence-corrected chi connectivity index (χ2v) is 20.6. The lowest BCUT2D eigenvalue weighted by Gasteiger charge is -2.58. The molecule has 0 radical (unpaired) electrons. The van der Waals surface area contributed by atoms with E-state index in [1.165, 1.54) is 6.92 Å². The van der Waals surface area contributed by atoms with Crippen molar-refractivity contribution >= 4 is 5.78 Å². The summed E-state index contributed by atoms with van der Waals surface area (Å²) < 4.78 is 49.5. The quantitative estimate of drug-likeness (QED) is 0.160. The minimum atomic E-state index is -1.74. The molecule has 3 saturated carbocycles. The zero-order valence-corrected chi connectivity index (χ0v) is 35.8. The molecule has 1 spiro atoms. The predicted octanol–water partition coefficient (Wildman–Crippen LogP) is 0.0322. The summed E-state index contributed by atoms with van der Waals surface area (Å²) in [5.74, 6) is 0.955.